The van der Waals surface area contributed by atoms with Crippen LogP contribution in [0.25, 0.3) is 17.0 Å². The Kier molecular flexibility index (Phi) is 5.35. The van der Waals surface area contributed by atoms with Gasteiger partial charge in [-0.2, -0.15) is 0 Å². The van der Waals surface area contributed by atoms with Gasteiger partial charge in [-0.15, -0.1) is 0 Å². The van der Waals surface area contributed by atoms with Crippen LogP contribution in [-0.2, 0) is 4.74 Å². The second-order valence-electron chi connectivity index (χ2n) is 6.61. The van der Waals surface area contributed by atoms with E-state index in [0.717, 1.165) is 54.3 Å². The average molecular weight is 374 g/mol. The number of methoxy groups -OCH3 is 1. The molecule has 142 valence electrons. The third-order valence-corrected chi connectivity index (χ3v) is 4.85. The van der Waals surface area contributed by atoms with E-state index in [1.165, 1.54) is 0 Å². The number of anilines is 1. The number of benzene rings is 2. The Bertz CT molecular complexity index is 1010. The summed E-state index contributed by atoms with van der Waals surface area (Å²) in [5.41, 5.74) is 3.43. The maximum atomic E-state index is 12.5. The molecule has 0 saturated carbocycles. The van der Waals surface area contributed by atoms with Gasteiger partial charge in [-0.3, -0.25) is 4.79 Å². The number of ether oxygens (including phenoxy) is 2. The Morgan fingerprint density at radius 2 is 1.86 bits per heavy atom. The lowest BCUT2D eigenvalue weighted by molar-refractivity contribution is 0.104. The fourth-order valence-electron chi connectivity index (χ4n) is 3.34. The number of ketones is 1. The Labute approximate surface area is 164 Å². The summed E-state index contributed by atoms with van der Waals surface area (Å²) in [6.45, 7) is 3.14. The van der Waals surface area contributed by atoms with Crippen LogP contribution in [-0.4, -0.2) is 44.2 Å². The summed E-state index contributed by atoms with van der Waals surface area (Å²) < 4.78 is 10.6. The van der Waals surface area contributed by atoms with Gasteiger partial charge >= 0.3 is 0 Å². The SMILES string of the molecule is COc1ccc(C(=O)/C=C/c2cc(N3CCOCC3)c3ccccc3n2)cc1. The molecule has 0 N–H and O–H groups in total. The smallest absolute Gasteiger partial charge is 0.185 e. The van der Waals surface area contributed by atoms with Crippen LogP contribution in [0.1, 0.15) is 16.1 Å². The first-order valence-corrected chi connectivity index (χ1v) is 9.33. The van der Waals surface area contributed by atoms with E-state index in [9.17, 15) is 4.79 Å². The van der Waals surface area contributed by atoms with E-state index in [-0.39, 0.29) is 5.78 Å². The van der Waals surface area contributed by atoms with E-state index in [4.69, 9.17) is 14.5 Å². The van der Waals surface area contributed by atoms with Crippen molar-refractivity contribution in [3.8, 4) is 5.75 Å². The summed E-state index contributed by atoms with van der Waals surface area (Å²) in [6, 6.07) is 17.2. The van der Waals surface area contributed by atoms with Crippen molar-refractivity contribution < 1.29 is 14.3 Å². The van der Waals surface area contributed by atoms with Crippen molar-refractivity contribution in [1.29, 1.82) is 0 Å². The van der Waals surface area contributed by atoms with Crippen LogP contribution in [0.3, 0.4) is 0 Å². The van der Waals surface area contributed by atoms with Crippen LogP contribution in [0, 0.1) is 0 Å². The Balaban J connectivity index is 1.64. The molecule has 1 aliphatic heterocycles. The maximum absolute atomic E-state index is 12.5. The number of para-hydroxylation sites is 1. The van der Waals surface area contributed by atoms with Crippen molar-refractivity contribution in [1.82, 2.24) is 4.98 Å². The molecule has 4 rings (SSSR count). The predicted octanol–water partition coefficient (Wildman–Crippen LogP) is 3.98. The molecule has 0 radical (unpaired) electrons. The summed E-state index contributed by atoms with van der Waals surface area (Å²) >= 11 is 0. The molecule has 5 heteroatoms. The van der Waals surface area contributed by atoms with Crippen molar-refractivity contribution in [2.75, 3.05) is 38.3 Å². The number of carbonyl (C=O) groups excluding carboxylic acids is 1. The molecule has 0 amide bonds. The molecule has 0 bridgehead atoms. The fourth-order valence-corrected chi connectivity index (χ4v) is 3.34. The Hall–Kier alpha value is -3.18. The topological polar surface area (TPSA) is 51.7 Å². The van der Waals surface area contributed by atoms with Crippen molar-refractivity contribution in [3.05, 3.63) is 71.9 Å². The molecule has 2 aromatic carbocycles. The third kappa shape index (κ3) is 3.89. The van der Waals surface area contributed by atoms with Crippen molar-refractivity contribution in [2.45, 2.75) is 0 Å². The normalized spacial score (nSPS) is 14.5. The fraction of sp³-hybridized carbons (Fsp3) is 0.217. The first-order valence-electron chi connectivity index (χ1n) is 9.33. The van der Waals surface area contributed by atoms with Crippen molar-refractivity contribution in [3.63, 3.8) is 0 Å². The van der Waals surface area contributed by atoms with Gasteiger partial charge in [-0.25, -0.2) is 4.98 Å². The number of hydrogen-bond donors (Lipinski definition) is 0. The zero-order valence-electron chi connectivity index (χ0n) is 15.8. The van der Waals surface area contributed by atoms with E-state index >= 15 is 0 Å². The number of hydrogen-bond acceptors (Lipinski definition) is 5. The second-order valence-corrected chi connectivity index (χ2v) is 6.61. The molecule has 28 heavy (non-hydrogen) atoms. The minimum atomic E-state index is -0.0643. The van der Waals surface area contributed by atoms with Crippen molar-refractivity contribution in [2.24, 2.45) is 0 Å². The highest BCUT2D eigenvalue weighted by atomic mass is 16.5. The molecule has 1 aliphatic rings. The summed E-state index contributed by atoms with van der Waals surface area (Å²) in [5.74, 6) is 0.664. The molecular formula is C23H22N2O3. The highest BCUT2D eigenvalue weighted by Crippen LogP contribution is 2.28. The van der Waals surface area contributed by atoms with E-state index in [2.05, 4.69) is 11.0 Å². The number of allylic oxidation sites excluding steroid dienone is 1. The largest absolute Gasteiger partial charge is 0.497 e. The van der Waals surface area contributed by atoms with Crippen LogP contribution < -0.4 is 9.64 Å². The predicted molar refractivity (Wildman–Crippen MR) is 111 cm³/mol. The van der Waals surface area contributed by atoms with Gasteiger partial charge < -0.3 is 14.4 Å². The summed E-state index contributed by atoms with van der Waals surface area (Å²) in [4.78, 5) is 19.5. The number of nitrogens with zero attached hydrogens (tertiary/aromatic N) is 2. The number of morpholine rings is 1. The first-order chi connectivity index (χ1) is 13.7. The zero-order chi connectivity index (χ0) is 19.3. The summed E-state index contributed by atoms with van der Waals surface area (Å²) in [5, 5.41) is 1.11. The van der Waals surface area contributed by atoms with Gasteiger partial charge in [0.15, 0.2) is 5.78 Å². The molecule has 2 heterocycles. The highest BCUT2D eigenvalue weighted by Gasteiger charge is 2.15. The van der Waals surface area contributed by atoms with Crippen LogP contribution in [0.2, 0.25) is 0 Å². The van der Waals surface area contributed by atoms with Crippen LogP contribution in [0.5, 0.6) is 5.75 Å². The van der Waals surface area contributed by atoms with Crippen LogP contribution in [0.4, 0.5) is 5.69 Å². The molecule has 1 fully saturated rings. The molecule has 0 spiro atoms. The number of carbonyl (C=O) groups is 1. The van der Waals surface area contributed by atoms with E-state index in [1.54, 1.807) is 43.5 Å². The first kappa shape index (κ1) is 18.2. The second kappa shape index (κ2) is 8.23. The lowest BCUT2D eigenvalue weighted by atomic mass is 10.1. The average Bonchev–Trinajstić information content (AvgIpc) is 2.77. The van der Waals surface area contributed by atoms with E-state index in [0.29, 0.717) is 5.56 Å². The van der Waals surface area contributed by atoms with Crippen LogP contribution >= 0.6 is 0 Å². The quantitative estimate of drug-likeness (QED) is 0.499. The van der Waals surface area contributed by atoms with Crippen LogP contribution in [0.15, 0.2) is 60.7 Å². The maximum Gasteiger partial charge on any atom is 0.185 e. The lowest BCUT2D eigenvalue weighted by Crippen LogP contribution is -2.36. The molecule has 0 aliphatic carbocycles. The minimum Gasteiger partial charge on any atom is -0.497 e. The molecule has 0 unspecified atom stereocenters. The highest BCUT2D eigenvalue weighted by molar-refractivity contribution is 6.07. The van der Waals surface area contributed by atoms with Gasteiger partial charge in [0, 0.05) is 29.7 Å². The van der Waals surface area contributed by atoms with Gasteiger partial charge in [0.05, 0.1) is 31.5 Å². The van der Waals surface area contributed by atoms with E-state index in [1.807, 2.05) is 24.3 Å². The molecule has 1 saturated heterocycles. The minimum absolute atomic E-state index is 0.0643. The number of pyridine rings is 1. The van der Waals surface area contributed by atoms with Gasteiger partial charge in [0.2, 0.25) is 0 Å². The zero-order valence-corrected chi connectivity index (χ0v) is 15.8. The number of rotatable bonds is 5. The monoisotopic (exact) mass is 374 g/mol. The van der Waals surface area contributed by atoms with E-state index < -0.39 is 0 Å². The van der Waals surface area contributed by atoms with Gasteiger partial charge in [-0.1, -0.05) is 18.2 Å². The van der Waals surface area contributed by atoms with Gasteiger partial charge in [-0.05, 0) is 48.6 Å². The molecule has 1 aromatic heterocycles. The third-order valence-electron chi connectivity index (χ3n) is 4.85. The summed E-state index contributed by atoms with van der Waals surface area (Å²) in [6.07, 6.45) is 3.35. The molecular weight excluding hydrogens is 352 g/mol. The molecule has 3 aromatic rings. The standard InChI is InChI=1S/C23H22N2O3/c1-27-19-9-6-17(7-10-19)23(26)11-8-18-16-22(25-12-14-28-15-13-25)20-4-2-3-5-21(20)24-18/h2-11,16H,12-15H2,1H3/b11-8+. The van der Waals surface area contributed by atoms with Crippen molar-refractivity contribution >= 4 is 28.4 Å². The number of fused-ring (bicyclic) bond motifs is 1. The van der Waals surface area contributed by atoms with Gasteiger partial charge in [0.1, 0.15) is 5.75 Å². The lowest BCUT2D eigenvalue weighted by Gasteiger charge is -2.30. The Morgan fingerprint density at radius 1 is 1.11 bits per heavy atom. The molecule has 5 nitrogen and oxygen atoms in total. The van der Waals surface area contributed by atoms with Gasteiger partial charge in [0.25, 0.3) is 0 Å². The molecule has 0 atom stereocenters. The summed E-state index contributed by atoms with van der Waals surface area (Å²) in [7, 11) is 1.61. The Morgan fingerprint density at radius 3 is 2.61 bits per heavy atom. The number of aromatic nitrogens is 1.